The summed E-state index contributed by atoms with van der Waals surface area (Å²) in [5.74, 6) is 2.96. The van der Waals surface area contributed by atoms with Gasteiger partial charge in [0.25, 0.3) is 0 Å². The minimum atomic E-state index is 0.569. The van der Waals surface area contributed by atoms with Crippen LogP contribution in [0.15, 0.2) is 24.7 Å². The third-order valence-electron chi connectivity index (χ3n) is 5.58. The van der Waals surface area contributed by atoms with Crippen molar-refractivity contribution in [2.75, 3.05) is 38.2 Å². The van der Waals surface area contributed by atoms with Crippen molar-refractivity contribution in [3.05, 3.63) is 36.0 Å². The molecule has 7 nitrogen and oxygen atoms in total. The molecule has 0 N–H and O–H groups in total. The maximum absolute atomic E-state index is 5.20. The van der Waals surface area contributed by atoms with E-state index in [2.05, 4.69) is 29.7 Å². The molecule has 0 aromatic carbocycles. The first kappa shape index (κ1) is 18.1. The van der Waals surface area contributed by atoms with Gasteiger partial charge < -0.3 is 9.64 Å². The molecule has 0 radical (unpaired) electrons. The minimum absolute atomic E-state index is 0.569. The van der Waals surface area contributed by atoms with Crippen molar-refractivity contribution in [1.82, 2.24) is 24.8 Å². The zero-order valence-electron chi connectivity index (χ0n) is 16.0. The van der Waals surface area contributed by atoms with E-state index in [9.17, 15) is 0 Å². The van der Waals surface area contributed by atoms with Gasteiger partial charge in [0.2, 0.25) is 11.8 Å². The van der Waals surface area contributed by atoms with E-state index in [0.717, 1.165) is 44.5 Å². The fourth-order valence-electron chi connectivity index (χ4n) is 3.98. The van der Waals surface area contributed by atoms with Gasteiger partial charge in [-0.15, -0.1) is 0 Å². The van der Waals surface area contributed by atoms with E-state index in [1.165, 1.54) is 37.7 Å². The second-order valence-corrected chi connectivity index (χ2v) is 7.45. The predicted molar refractivity (Wildman–Crippen MR) is 104 cm³/mol. The first-order chi connectivity index (χ1) is 13.3. The summed E-state index contributed by atoms with van der Waals surface area (Å²) in [6, 6.07) is 1.77. The van der Waals surface area contributed by atoms with Crippen molar-refractivity contribution in [2.45, 2.75) is 44.6 Å². The highest BCUT2D eigenvalue weighted by Crippen LogP contribution is 2.30. The Balaban J connectivity index is 1.29. The number of hydrogen-bond donors (Lipinski definition) is 0. The molecular formula is C20H28N6O. The SMILES string of the molecule is COc1ccnc(N2CCN(Cc3cnc(C4CCCCC4)nc3)CC2)n1. The average molecular weight is 368 g/mol. The van der Waals surface area contributed by atoms with Crippen LogP contribution in [0.25, 0.3) is 0 Å². The monoisotopic (exact) mass is 368 g/mol. The third-order valence-corrected chi connectivity index (χ3v) is 5.58. The third kappa shape index (κ3) is 4.53. The maximum Gasteiger partial charge on any atom is 0.228 e. The van der Waals surface area contributed by atoms with Crippen molar-refractivity contribution >= 4 is 5.95 Å². The molecule has 3 heterocycles. The Labute approximate surface area is 160 Å². The minimum Gasteiger partial charge on any atom is -0.481 e. The largest absolute Gasteiger partial charge is 0.481 e. The first-order valence-corrected chi connectivity index (χ1v) is 9.97. The van der Waals surface area contributed by atoms with Gasteiger partial charge >= 0.3 is 0 Å². The number of anilines is 1. The van der Waals surface area contributed by atoms with E-state index in [4.69, 9.17) is 4.74 Å². The Morgan fingerprint density at radius 3 is 2.44 bits per heavy atom. The second kappa shape index (κ2) is 8.61. The van der Waals surface area contributed by atoms with E-state index in [1.54, 1.807) is 19.4 Å². The number of aromatic nitrogens is 4. The molecule has 1 saturated heterocycles. The maximum atomic E-state index is 5.20. The van der Waals surface area contributed by atoms with Gasteiger partial charge in [-0.2, -0.15) is 4.98 Å². The second-order valence-electron chi connectivity index (χ2n) is 7.45. The number of methoxy groups -OCH3 is 1. The van der Waals surface area contributed by atoms with Crippen LogP contribution in [0.2, 0.25) is 0 Å². The van der Waals surface area contributed by atoms with Crippen LogP contribution in [0.4, 0.5) is 5.95 Å². The lowest BCUT2D eigenvalue weighted by atomic mass is 9.89. The average Bonchev–Trinajstić information content (AvgIpc) is 2.75. The molecule has 0 spiro atoms. The van der Waals surface area contributed by atoms with Crippen LogP contribution in [0.3, 0.4) is 0 Å². The highest BCUT2D eigenvalue weighted by molar-refractivity contribution is 5.32. The van der Waals surface area contributed by atoms with Crippen LogP contribution in [0.5, 0.6) is 5.88 Å². The number of nitrogens with zero attached hydrogens (tertiary/aromatic N) is 6. The molecule has 4 rings (SSSR count). The first-order valence-electron chi connectivity index (χ1n) is 9.97. The van der Waals surface area contributed by atoms with E-state index >= 15 is 0 Å². The van der Waals surface area contributed by atoms with Crippen molar-refractivity contribution in [3.63, 3.8) is 0 Å². The van der Waals surface area contributed by atoms with E-state index in [-0.39, 0.29) is 0 Å². The van der Waals surface area contributed by atoms with Crippen molar-refractivity contribution in [2.24, 2.45) is 0 Å². The Hall–Kier alpha value is -2.28. The highest BCUT2D eigenvalue weighted by Gasteiger charge is 2.21. The van der Waals surface area contributed by atoms with E-state index in [1.807, 2.05) is 12.4 Å². The summed E-state index contributed by atoms with van der Waals surface area (Å²) in [5.41, 5.74) is 1.20. The van der Waals surface area contributed by atoms with Gasteiger partial charge in [-0.1, -0.05) is 19.3 Å². The van der Waals surface area contributed by atoms with Crippen LogP contribution in [0, 0.1) is 0 Å². The summed E-state index contributed by atoms with van der Waals surface area (Å²) in [4.78, 5) is 22.8. The van der Waals surface area contributed by atoms with Gasteiger partial charge in [0.1, 0.15) is 5.82 Å². The Bertz CT molecular complexity index is 724. The fraction of sp³-hybridized carbons (Fsp3) is 0.600. The predicted octanol–water partition coefficient (Wildman–Crippen LogP) is 2.65. The van der Waals surface area contributed by atoms with Gasteiger partial charge in [0.05, 0.1) is 7.11 Å². The van der Waals surface area contributed by atoms with E-state index < -0.39 is 0 Å². The van der Waals surface area contributed by atoms with E-state index in [0.29, 0.717) is 11.8 Å². The number of hydrogen-bond acceptors (Lipinski definition) is 7. The summed E-state index contributed by atoms with van der Waals surface area (Å²) in [5, 5.41) is 0. The highest BCUT2D eigenvalue weighted by atomic mass is 16.5. The summed E-state index contributed by atoms with van der Waals surface area (Å²) in [6.45, 7) is 4.68. The molecule has 7 heteroatoms. The molecule has 0 bridgehead atoms. The number of ether oxygens (including phenoxy) is 1. The van der Waals surface area contributed by atoms with Gasteiger partial charge in [0, 0.05) is 68.9 Å². The standard InChI is InChI=1S/C20H28N6O/c1-27-18-7-8-21-20(24-18)26-11-9-25(10-12-26)15-16-13-22-19(23-14-16)17-5-3-2-4-6-17/h7-8,13-14,17H,2-6,9-12,15H2,1H3. The van der Waals surface area contributed by atoms with Crippen molar-refractivity contribution in [1.29, 1.82) is 0 Å². The summed E-state index contributed by atoms with van der Waals surface area (Å²) in [6.07, 6.45) is 12.3. The molecule has 2 aliphatic rings. The van der Waals surface area contributed by atoms with Crippen LogP contribution in [0.1, 0.15) is 49.4 Å². The molecule has 1 aliphatic heterocycles. The van der Waals surface area contributed by atoms with Crippen LogP contribution in [-0.2, 0) is 6.54 Å². The Kier molecular flexibility index (Phi) is 5.77. The zero-order valence-corrected chi connectivity index (χ0v) is 16.0. The van der Waals surface area contributed by atoms with Gasteiger partial charge in [-0.05, 0) is 12.8 Å². The Morgan fingerprint density at radius 2 is 1.74 bits per heavy atom. The molecule has 2 fully saturated rings. The molecule has 0 unspecified atom stereocenters. The van der Waals surface area contributed by atoms with Gasteiger partial charge in [-0.25, -0.2) is 15.0 Å². The van der Waals surface area contributed by atoms with Crippen molar-refractivity contribution in [3.8, 4) is 5.88 Å². The molecular weight excluding hydrogens is 340 g/mol. The van der Waals surface area contributed by atoms with Crippen LogP contribution >= 0.6 is 0 Å². The molecule has 1 saturated carbocycles. The van der Waals surface area contributed by atoms with Crippen LogP contribution < -0.4 is 9.64 Å². The lowest BCUT2D eigenvalue weighted by molar-refractivity contribution is 0.247. The lowest BCUT2D eigenvalue weighted by Gasteiger charge is -2.34. The number of piperazine rings is 1. The molecule has 144 valence electrons. The van der Waals surface area contributed by atoms with Crippen molar-refractivity contribution < 1.29 is 4.74 Å². The summed E-state index contributed by atoms with van der Waals surface area (Å²) >= 11 is 0. The molecule has 27 heavy (non-hydrogen) atoms. The fourth-order valence-corrected chi connectivity index (χ4v) is 3.98. The normalized spacial score (nSPS) is 19.2. The molecule has 2 aromatic rings. The van der Waals surface area contributed by atoms with Gasteiger partial charge in [0.15, 0.2) is 0 Å². The molecule has 0 amide bonds. The van der Waals surface area contributed by atoms with Crippen LogP contribution in [-0.4, -0.2) is 58.1 Å². The van der Waals surface area contributed by atoms with Gasteiger partial charge in [-0.3, -0.25) is 4.90 Å². The molecule has 0 atom stereocenters. The zero-order chi connectivity index (χ0) is 18.5. The summed E-state index contributed by atoms with van der Waals surface area (Å²) in [7, 11) is 1.63. The smallest absolute Gasteiger partial charge is 0.228 e. The topological polar surface area (TPSA) is 67.3 Å². The quantitative estimate of drug-likeness (QED) is 0.804. The molecule has 1 aliphatic carbocycles. The number of rotatable bonds is 5. The Morgan fingerprint density at radius 1 is 1.00 bits per heavy atom. The lowest BCUT2D eigenvalue weighted by Crippen LogP contribution is -2.46. The molecule has 2 aromatic heterocycles. The summed E-state index contributed by atoms with van der Waals surface area (Å²) < 4.78 is 5.20.